The first-order valence-electron chi connectivity index (χ1n) is 12.5. The molecule has 4 aromatic carbocycles. The Morgan fingerprint density at radius 3 is 2.36 bits per heavy atom. The second-order valence-corrected chi connectivity index (χ2v) is 10.1. The highest BCUT2D eigenvalue weighted by Gasteiger charge is 2.22. The maximum Gasteiger partial charge on any atom is 0.258 e. The lowest BCUT2D eigenvalue weighted by Crippen LogP contribution is -2.32. The summed E-state index contributed by atoms with van der Waals surface area (Å²) in [6.07, 6.45) is 3.85. The largest absolute Gasteiger partial charge is 0.506 e. The Bertz CT molecular complexity index is 1340. The molecule has 1 amide bonds. The SMILES string of the molecule is CCCC(C)c1ccc(C(=O)N(CCCc2ccccc2)c2cccc3c(O)c(Cl)cc(Cl)c23)cc1. The number of carbonyl (C=O) groups is 1. The fourth-order valence-corrected chi connectivity index (χ4v) is 5.30. The number of rotatable bonds is 9. The Hall–Kier alpha value is -3.01. The van der Waals surface area contributed by atoms with Crippen molar-refractivity contribution in [3.05, 3.63) is 106 Å². The van der Waals surface area contributed by atoms with Gasteiger partial charge in [-0.1, -0.05) is 98.1 Å². The number of nitrogens with zero attached hydrogens (tertiary/aromatic N) is 1. The molecular weight excluding hydrogens is 489 g/mol. The normalized spacial score (nSPS) is 12.0. The minimum absolute atomic E-state index is 0.0381. The van der Waals surface area contributed by atoms with E-state index in [1.54, 1.807) is 11.0 Å². The van der Waals surface area contributed by atoms with Gasteiger partial charge in [-0.05, 0) is 60.6 Å². The van der Waals surface area contributed by atoms with Gasteiger partial charge in [0, 0.05) is 22.9 Å². The van der Waals surface area contributed by atoms with Crippen molar-refractivity contribution >= 4 is 45.6 Å². The number of carbonyl (C=O) groups excluding carboxylic acids is 1. The van der Waals surface area contributed by atoms with E-state index in [4.69, 9.17) is 23.2 Å². The van der Waals surface area contributed by atoms with Gasteiger partial charge in [-0.15, -0.1) is 0 Å². The molecule has 0 spiro atoms. The van der Waals surface area contributed by atoms with Crippen molar-refractivity contribution in [3.8, 4) is 5.75 Å². The van der Waals surface area contributed by atoms with Crippen LogP contribution in [0.5, 0.6) is 5.75 Å². The summed E-state index contributed by atoms with van der Waals surface area (Å²) in [6.45, 7) is 4.90. The highest BCUT2D eigenvalue weighted by molar-refractivity contribution is 6.41. The van der Waals surface area contributed by atoms with E-state index >= 15 is 0 Å². The van der Waals surface area contributed by atoms with Crippen LogP contribution >= 0.6 is 23.2 Å². The van der Waals surface area contributed by atoms with E-state index < -0.39 is 0 Å². The molecule has 0 aliphatic heterocycles. The van der Waals surface area contributed by atoms with Crippen molar-refractivity contribution < 1.29 is 9.90 Å². The predicted octanol–water partition coefficient (Wildman–Crippen LogP) is 9.04. The lowest BCUT2D eigenvalue weighted by molar-refractivity contribution is 0.0987. The average molecular weight is 521 g/mol. The third-order valence-corrected chi connectivity index (χ3v) is 7.28. The third kappa shape index (κ3) is 5.69. The molecule has 3 nitrogen and oxygen atoms in total. The van der Waals surface area contributed by atoms with E-state index in [2.05, 4.69) is 38.1 Å². The summed E-state index contributed by atoms with van der Waals surface area (Å²) in [7, 11) is 0. The molecule has 0 aliphatic carbocycles. The van der Waals surface area contributed by atoms with Crippen molar-refractivity contribution in [2.45, 2.75) is 45.4 Å². The van der Waals surface area contributed by atoms with Crippen LogP contribution in [0, 0.1) is 0 Å². The zero-order chi connectivity index (χ0) is 25.7. The quantitative estimate of drug-likeness (QED) is 0.239. The van der Waals surface area contributed by atoms with E-state index in [-0.39, 0.29) is 16.7 Å². The second-order valence-electron chi connectivity index (χ2n) is 9.25. The lowest BCUT2D eigenvalue weighted by Gasteiger charge is -2.25. The van der Waals surface area contributed by atoms with Crippen LogP contribution in [0.3, 0.4) is 0 Å². The maximum atomic E-state index is 13.9. The number of fused-ring (bicyclic) bond motifs is 1. The Balaban J connectivity index is 1.71. The van der Waals surface area contributed by atoms with Crippen LogP contribution in [0.4, 0.5) is 5.69 Å². The standard InChI is InChI=1S/C31H31Cl2NO2/c1-3-9-21(2)23-15-17-24(18-16-23)31(36)34(19-8-12-22-10-5-4-6-11-22)28-14-7-13-25-29(28)26(32)20-27(33)30(25)35/h4-7,10-11,13-18,20-21,35H,3,8-9,12,19H2,1-2H3. The van der Waals surface area contributed by atoms with E-state index in [0.717, 1.165) is 25.7 Å². The van der Waals surface area contributed by atoms with Crippen LogP contribution in [0.15, 0.2) is 78.9 Å². The topological polar surface area (TPSA) is 40.5 Å². The molecule has 0 radical (unpaired) electrons. The molecule has 0 saturated carbocycles. The van der Waals surface area contributed by atoms with E-state index in [1.165, 1.54) is 17.2 Å². The Morgan fingerprint density at radius 1 is 0.944 bits per heavy atom. The summed E-state index contributed by atoms with van der Waals surface area (Å²) in [5, 5.41) is 12.3. The van der Waals surface area contributed by atoms with E-state index in [1.807, 2.05) is 42.5 Å². The van der Waals surface area contributed by atoms with Crippen molar-refractivity contribution in [1.82, 2.24) is 0 Å². The summed E-state index contributed by atoms with van der Waals surface area (Å²) >= 11 is 12.8. The lowest BCUT2D eigenvalue weighted by atomic mass is 9.95. The monoisotopic (exact) mass is 519 g/mol. The summed E-state index contributed by atoms with van der Waals surface area (Å²) in [5.41, 5.74) is 3.73. The summed E-state index contributed by atoms with van der Waals surface area (Å²) in [6, 6.07) is 25.2. The fraction of sp³-hybridized carbons (Fsp3) is 0.258. The molecule has 4 rings (SSSR count). The molecule has 1 atom stereocenters. The van der Waals surface area contributed by atoms with Gasteiger partial charge in [0.15, 0.2) is 0 Å². The molecule has 1 unspecified atom stereocenters. The van der Waals surface area contributed by atoms with Gasteiger partial charge in [0.25, 0.3) is 5.91 Å². The summed E-state index contributed by atoms with van der Waals surface area (Å²) < 4.78 is 0. The molecule has 36 heavy (non-hydrogen) atoms. The zero-order valence-electron chi connectivity index (χ0n) is 20.7. The minimum atomic E-state index is -0.101. The van der Waals surface area contributed by atoms with Crippen LogP contribution in [0.25, 0.3) is 10.8 Å². The number of halogens is 2. The molecule has 5 heteroatoms. The van der Waals surface area contributed by atoms with Crippen LogP contribution < -0.4 is 4.90 Å². The number of anilines is 1. The Labute approximate surface area is 223 Å². The molecule has 186 valence electrons. The van der Waals surface area contributed by atoms with Crippen LogP contribution in [0.1, 0.15) is 60.5 Å². The van der Waals surface area contributed by atoms with E-state index in [9.17, 15) is 9.90 Å². The van der Waals surface area contributed by atoms with Gasteiger partial charge in [-0.2, -0.15) is 0 Å². The number of phenolic OH excluding ortho intramolecular Hbond substituents is 1. The van der Waals surface area contributed by atoms with Crippen molar-refractivity contribution in [2.75, 3.05) is 11.4 Å². The van der Waals surface area contributed by atoms with Crippen LogP contribution in [-0.2, 0) is 6.42 Å². The molecule has 0 aliphatic rings. The van der Waals surface area contributed by atoms with Crippen molar-refractivity contribution in [1.29, 1.82) is 0 Å². The number of amides is 1. The molecular formula is C31H31Cl2NO2. The average Bonchev–Trinajstić information content (AvgIpc) is 2.90. The van der Waals surface area contributed by atoms with Gasteiger partial charge in [0.2, 0.25) is 0 Å². The minimum Gasteiger partial charge on any atom is -0.506 e. The molecule has 0 heterocycles. The van der Waals surface area contributed by atoms with Crippen LogP contribution in [0.2, 0.25) is 10.0 Å². The number of hydrogen-bond donors (Lipinski definition) is 1. The fourth-order valence-electron chi connectivity index (χ4n) is 4.72. The van der Waals surface area contributed by atoms with Gasteiger partial charge >= 0.3 is 0 Å². The van der Waals surface area contributed by atoms with Crippen LogP contribution in [-0.4, -0.2) is 17.6 Å². The predicted molar refractivity (Wildman–Crippen MR) is 152 cm³/mol. The van der Waals surface area contributed by atoms with Gasteiger partial charge < -0.3 is 10.0 Å². The molecule has 0 aromatic heterocycles. The summed E-state index contributed by atoms with van der Waals surface area (Å²) in [5.74, 6) is 0.311. The highest BCUT2D eigenvalue weighted by Crippen LogP contribution is 2.42. The molecule has 0 bridgehead atoms. The number of benzene rings is 4. The third-order valence-electron chi connectivity index (χ3n) is 6.69. The van der Waals surface area contributed by atoms with Gasteiger partial charge in [0.1, 0.15) is 5.75 Å². The zero-order valence-corrected chi connectivity index (χ0v) is 22.2. The van der Waals surface area contributed by atoms with Gasteiger partial charge in [-0.3, -0.25) is 4.79 Å². The highest BCUT2D eigenvalue weighted by atomic mass is 35.5. The maximum absolute atomic E-state index is 13.9. The number of phenols is 1. The number of aromatic hydroxyl groups is 1. The first kappa shape index (κ1) is 26.1. The van der Waals surface area contributed by atoms with Crippen molar-refractivity contribution in [2.24, 2.45) is 0 Å². The molecule has 0 fully saturated rings. The number of aryl methyl sites for hydroxylation is 1. The molecule has 4 aromatic rings. The van der Waals surface area contributed by atoms with Crippen molar-refractivity contribution in [3.63, 3.8) is 0 Å². The first-order chi connectivity index (χ1) is 17.4. The second kappa shape index (κ2) is 11.8. The Morgan fingerprint density at radius 2 is 1.67 bits per heavy atom. The van der Waals surface area contributed by atoms with Gasteiger partial charge in [-0.25, -0.2) is 0 Å². The molecule has 1 N–H and O–H groups in total. The molecule has 0 saturated heterocycles. The van der Waals surface area contributed by atoms with E-state index in [0.29, 0.717) is 39.5 Å². The smallest absolute Gasteiger partial charge is 0.258 e. The first-order valence-corrected chi connectivity index (χ1v) is 13.2. The number of hydrogen-bond acceptors (Lipinski definition) is 2. The van der Waals surface area contributed by atoms with Gasteiger partial charge in [0.05, 0.1) is 15.7 Å². The Kier molecular flexibility index (Phi) is 8.56. The summed E-state index contributed by atoms with van der Waals surface area (Å²) in [4.78, 5) is 15.7.